The molecule has 6 heteroatoms. The van der Waals surface area contributed by atoms with Crippen LogP contribution in [0.4, 0.5) is 0 Å². The first-order valence-electron chi connectivity index (χ1n) is 8.55. The second-order valence-electron chi connectivity index (χ2n) is 5.94. The number of halogens is 1. The van der Waals surface area contributed by atoms with Crippen molar-refractivity contribution in [3.05, 3.63) is 69.5 Å². The van der Waals surface area contributed by atoms with Crippen LogP contribution in [0.15, 0.2) is 58.5 Å². The zero-order valence-corrected chi connectivity index (χ0v) is 16.2. The van der Waals surface area contributed by atoms with E-state index in [0.29, 0.717) is 29.1 Å². The van der Waals surface area contributed by atoms with Crippen molar-refractivity contribution >= 4 is 34.3 Å². The SMILES string of the molecule is COCCn1c(SCCCc2ccccc2)nc2cc(Cl)ccc2c1=O. The molecule has 4 nitrogen and oxygen atoms in total. The van der Waals surface area contributed by atoms with Gasteiger partial charge < -0.3 is 4.74 Å². The Kier molecular flexibility index (Phi) is 6.72. The molecule has 0 aliphatic rings. The Hall–Kier alpha value is -1.82. The number of fused-ring (bicyclic) bond motifs is 1. The smallest absolute Gasteiger partial charge is 0.262 e. The number of methoxy groups -OCH3 is 1. The summed E-state index contributed by atoms with van der Waals surface area (Å²) < 4.78 is 6.85. The van der Waals surface area contributed by atoms with Gasteiger partial charge in [0.2, 0.25) is 0 Å². The first kappa shape index (κ1) is 19.0. The number of rotatable bonds is 8. The van der Waals surface area contributed by atoms with Crippen LogP contribution < -0.4 is 5.56 Å². The summed E-state index contributed by atoms with van der Waals surface area (Å²) in [6.07, 6.45) is 2.03. The average Bonchev–Trinajstić information content (AvgIpc) is 2.65. The van der Waals surface area contributed by atoms with Crippen LogP contribution in [0.1, 0.15) is 12.0 Å². The van der Waals surface area contributed by atoms with Crippen molar-refractivity contribution in [2.75, 3.05) is 19.5 Å². The maximum absolute atomic E-state index is 12.8. The third-order valence-electron chi connectivity index (χ3n) is 4.09. The fourth-order valence-electron chi connectivity index (χ4n) is 2.75. The first-order chi connectivity index (χ1) is 12.7. The molecule has 0 aliphatic carbocycles. The number of aromatic nitrogens is 2. The van der Waals surface area contributed by atoms with Gasteiger partial charge in [-0.2, -0.15) is 0 Å². The van der Waals surface area contributed by atoms with Gasteiger partial charge in [0, 0.05) is 17.9 Å². The van der Waals surface area contributed by atoms with Crippen LogP contribution >= 0.6 is 23.4 Å². The average molecular weight is 389 g/mol. The molecule has 1 heterocycles. The van der Waals surface area contributed by atoms with Gasteiger partial charge in [-0.15, -0.1) is 0 Å². The predicted octanol–water partition coefficient (Wildman–Crippen LogP) is 4.42. The Morgan fingerprint density at radius 2 is 2.00 bits per heavy atom. The van der Waals surface area contributed by atoms with E-state index in [1.54, 1.807) is 41.6 Å². The topological polar surface area (TPSA) is 44.1 Å². The van der Waals surface area contributed by atoms with E-state index in [4.69, 9.17) is 16.3 Å². The molecule has 0 bridgehead atoms. The van der Waals surface area contributed by atoms with Crippen LogP contribution in [0.3, 0.4) is 0 Å². The second kappa shape index (κ2) is 9.21. The highest BCUT2D eigenvalue weighted by Gasteiger charge is 2.12. The molecule has 26 heavy (non-hydrogen) atoms. The van der Waals surface area contributed by atoms with Crippen molar-refractivity contribution in [1.82, 2.24) is 9.55 Å². The van der Waals surface area contributed by atoms with Crippen LogP contribution in [-0.4, -0.2) is 29.0 Å². The zero-order chi connectivity index (χ0) is 18.4. The van der Waals surface area contributed by atoms with E-state index < -0.39 is 0 Å². The van der Waals surface area contributed by atoms with Gasteiger partial charge in [0.05, 0.1) is 24.1 Å². The number of ether oxygens (including phenoxy) is 1. The number of aryl methyl sites for hydroxylation is 1. The van der Waals surface area contributed by atoms with Crippen LogP contribution in [0.2, 0.25) is 5.02 Å². The maximum Gasteiger partial charge on any atom is 0.262 e. The predicted molar refractivity (Wildman–Crippen MR) is 108 cm³/mol. The monoisotopic (exact) mass is 388 g/mol. The van der Waals surface area contributed by atoms with Crippen LogP contribution in [0, 0.1) is 0 Å². The van der Waals surface area contributed by atoms with Gasteiger partial charge in [0.25, 0.3) is 5.56 Å². The highest BCUT2D eigenvalue weighted by molar-refractivity contribution is 7.99. The van der Waals surface area contributed by atoms with Gasteiger partial charge in [0.1, 0.15) is 0 Å². The highest BCUT2D eigenvalue weighted by Crippen LogP contribution is 2.21. The maximum atomic E-state index is 12.8. The number of hydrogen-bond acceptors (Lipinski definition) is 4. The Bertz CT molecular complexity index is 928. The summed E-state index contributed by atoms with van der Waals surface area (Å²) in [5, 5.41) is 1.88. The molecule has 0 spiro atoms. The fraction of sp³-hybridized carbons (Fsp3) is 0.300. The van der Waals surface area contributed by atoms with Gasteiger partial charge in [-0.05, 0) is 36.6 Å². The zero-order valence-electron chi connectivity index (χ0n) is 14.7. The Morgan fingerprint density at radius 1 is 1.19 bits per heavy atom. The molecular weight excluding hydrogens is 368 g/mol. The molecule has 1 aromatic heterocycles. The van der Waals surface area contributed by atoms with Crippen molar-refractivity contribution in [3.8, 4) is 0 Å². The number of nitrogens with zero attached hydrogens (tertiary/aromatic N) is 2. The van der Waals surface area contributed by atoms with E-state index in [2.05, 4.69) is 29.2 Å². The molecule has 0 atom stereocenters. The molecule has 0 amide bonds. The van der Waals surface area contributed by atoms with E-state index in [0.717, 1.165) is 23.8 Å². The number of benzene rings is 2. The van der Waals surface area contributed by atoms with Crippen molar-refractivity contribution in [1.29, 1.82) is 0 Å². The molecule has 3 aromatic rings. The van der Waals surface area contributed by atoms with Crippen molar-refractivity contribution in [2.24, 2.45) is 0 Å². The fourth-order valence-corrected chi connectivity index (χ4v) is 3.88. The lowest BCUT2D eigenvalue weighted by Crippen LogP contribution is -2.25. The number of hydrogen-bond donors (Lipinski definition) is 0. The largest absolute Gasteiger partial charge is 0.383 e. The van der Waals surface area contributed by atoms with E-state index in [1.165, 1.54) is 5.56 Å². The third kappa shape index (κ3) is 4.67. The number of thioether (sulfide) groups is 1. The lowest BCUT2D eigenvalue weighted by molar-refractivity contribution is 0.183. The Labute approximate surface area is 162 Å². The molecule has 0 saturated heterocycles. The van der Waals surface area contributed by atoms with Gasteiger partial charge in [0.15, 0.2) is 5.16 Å². The van der Waals surface area contributed by atoms with E-state index in [1.807, 2.05) is 6.07 Å². The molecule has 0 aliphatic heterocycles. The Morgan fingerprint density at radius 3 is 2.77 bits per heavy atom. The van der Waals surface area contributed by atoms with Gasteiger partial charge in [-0.25, -0.2) is 4.98 Å². The van der Waals surface area contributed by atoms with E-state index in [-0.39, 0.29) is 5.56 Å². The third-order valence-corrected chi connectivity index (χ3v) is 5.38. The second-order valence-corrected chi connectivity index (χ2v) is 7.44. The summed E-state index contributed by atoms with van der Waals surface area (Å²) >= 11 is 7.67. The molecule has 0 saturated carbocycles. The normalized spacial score (nSPS) is 11.2. The summed E-state index contributed by atoms with van der Waals surface area (Å²) in [4.78, 5) is 17.5. The molecule has 0 fully saturated rings. The molecule has 0 radical (unpaired) electrons. The molecular formula is C20H21ClN2O2S. The molecule has 136 valence electrons. The Balaban J connectivity index is 1.79. The minimum atomic E-state index is -0.0470. The first-order valence-corrected chi connectivity index (χ1v) is 9.91. The molecule has 0 unspecified atom stereocenters. The summed E-state index contributed by atoms with van der Waals surface area (Å²) in [5.41, 5.74) is 1.92. The van der Waals surface area contributed by atoms with E-state index >= 15 is 0 Å². The summed E-state index contributed by atoms with van der Waals surface area (Å²) in [6, 6.07) is 15.6. The van der Waals surface area contributed by atoms with Gasteiger partial charge >= 0.3 is 0 Å². The van der Waals surface area contributed by atoms with Crippen LogP contribution in [0.25, 0.3) is 10.9 Å². The summed E-state index contributed by atoms with van der Waals surface area (Å²) in [7, 11) is 1.63. The van der Waals surface area contributed by atoms with Crippen molar-refractivity contribution < 1.29 is 4.74 Å². The molecule has 0 N–H and O–H groups in total. The summed E-state index contributed by atoms with van der Waals surface area (Å²) in [5.74, 6) is 0.889. The lowest BCUT2D eigenvalue weighted by atomic mass is 10.1. The molecule has 3 rings (SSSR count). The summed E-state index contributed by atoms with van der Waals surface area (Å²) in [6.45, 7) is 0.959. The van der Waals surface area contributed by atoms with Crippen molar-refractivity contribution in [2.45, 2.75) is 24.5 Å². The van der Waals surface area contributed by atoms with E-state index in [9.17, 15) is 4.79 Å². The van der Waals surface area contributed by atoms with Gasteiger partial charge in [-0.1, -0.05) is 53.7 Å². The van der Waals surface area contributed by atoms with Crippen LogP contribution in [-0.2, 0) is 17.7 Å². The van der Waals surface area contributed by atoms with Crippen molar-refractivity contribution in [3.63, 3.8) is 0 Å². The highest BCUT2D eigenvalue weighted by atomic mass is 35.5. The minimum Gasteiger partial charge on any atom is -0.383 e. The van der Waals surface area contributed by atoms with Gasteiger partial charge in [-0.3, -0.25) is 9.36 Å². The molecule has 2 aromatic carbocycles. The quantitative estimate of drug-likeness (QED) is 0.325. The standard InChI is InChI=1S/C20H21ClN2O2S/c1-25-12-11-23-19(24)17-10-9-16(21)14-18(17)22-20(23)26-13-5-8-15-6-3-2-4-7-15/h2-4,6-7,9-10,14H,5,8,11-13H2,1H3. The van der Waals surface area contributed by atoms with Crippen LogP contribution in [0.5, 0.6) is 0 Å². The lowest BCUT2D eigenvalue weighted by Gasteiger charge is -2.13. The minimum absolute atomic E-state index is 0.0470.